The van der Waals surface area contributed by atoms with Crippen molar-refractivity contribution in [1.29, 1.82) is 0 Å². The highest BCUT2D eigenvalue weighted by molar-refractivity contribution is 7.79. The lowest BCUT2D eigenvalue weighted by Crippen LogP contribution is -2.47. The largest absolute Gasteiger partial charge is 0.343 e. The number of halogens is 2. The molecule has 1 atom stereocenters. The number of rotatable bonds is 5. The molecule has 0 bridgehead atoms. The van der Waals surface area contributed by atoms with E-state index in [0.717, 1.165) is 0 Å². The Kier molecular flexibility index (Phi) is 6.37. The molecule has 0 radical (unpaired) electrons. The van der Waals surface area contributed by atoms with Crippen molar-refractivity contribution >= 4 is 46.9 Å². The standard InChI is InChI=1S/C19H22Cl2NO2P/c1-19(2,3)18(23)22-17(16(20)21)25(24,14-10-6-4-7-11-14)15-12-8-5-9-13-15/h4-13,16-17H,1-3H3,(H,22,23)/t17-/m1/s1. The van der Waals surface area contributed by atoms with E-state index < -0.39 is 23.2 Å². The van der Waals surface area contributed by atoms with Crippen molar-refractivity contribution in [1.82, 2.24) is 5.32 Å². The Morgan fingerprint density at radius 3 is 1.64 bits per heavy atom. The molecule has 0 aliphatic heterocycles. The van der Waals surface area contributed by atoms with E-state index >= 15 is 0 Å². The second kappa shape index (κ2) is 7.95. The Hall–Kier alpha value is -1.28. The van der Waals surface area contributed by atoms with Crippen LogP contribution in [0.4, 0.5) is 0 Å². The zero-order chi connectivity index (χ0) is 18.7. The molecule has 0 saturated carbocycles. The molecule has 1 N–H and O–H groups in total. The zero-order valence-corrected chi connectivity index (χ0v) is 16.9. The summed E-state index contributed by atoms with van der Waals surface area (Å²) in [6, 6.07) is 18.0. The highest BCUT2D eigenvalue weighted by Gasteiger charge is 2.42. The van der Waals surface area contributed by atoms with Crippen molar-refractivity contribution in [3.63, 3.8) is 0 Å². The molecule has 0 heterocycles. The fraction of sp³-hybridized carbons (Fsp3) is 0.316. The molecule has 2 aromatic carbocycles. The van der Waals surface area contributed by atoms with Gasteiger partial charge in [0.2, 0.25) is 5.91 Å². The third-order valence-corrected chi connectivity index (χ3v) is 8.07. The van der Waals surface area contributed by atoms with E-state index in [-0.39, 0.29) is 5.91 Å². The number of carbonyl (C=O) groups is 1. The Bertz CT molecular complexity index is 714. The van der Waals surface area contributed by atoms with Crippen molar-refractivity contribution in [2.24, 2.45) is 5.41 Å². The minimum Gasteiger partial charge on any atom is -0.343 e. The van der Waals surface area contributed by atoms with Gasteiger partial charge in [-0.1, -0.05) is 81.4 Å². The molecule has 0 aliphatic rings. The maximum absolute atomic E-state index is 14.2. The molecule has 0 unspecified atom stereocenters. The van der Waals surface area contributed by atoms with Gasteiger partial charge in [-0.3, -0.25) is 4.79 Å². The van der Waals surface area contributed by atoms with Crippen LogP contribution in [0.25, 0.3) is 0 Å². The van der Waals surface area contributed by atoms with Crippen molar-refractivity contribution in [3.05, 3.63) is 60.7 Å². The highest BCUT2D eigenvalue weighted by atomic mass is 35.5. The Morgan fingerprint density at radius 2 is 1.32 bits per heavy atom. The number of carbonyl (C=O) groups excluding carboxylic acids is 1. The number of benzene rings is 2. The SMILES string of the molecule is CC(C)(C)C(=O)N[C@@H](C(Cl)Cl)P(=O)(c1ccccc1)c1ccccc1. The molecule has 25 heavy (non-hydrogen) atoms. The van der Waals surface area contributed by atoms with Gasteiger partial charge in [-0.25, -0.2) is 0 Å². The Labute approximate surface area is 159 Å². The predicted molar refractivity (Wildman–Crippen MR) is 107 cm³/mol. The summed E-state index contributed by atoms with van der Waals surface area (Å²) in [5.41, 5.74) is -0.654. The van der Waals surface area contributed by atoms with E-state index in [1.807, 2.05) is 36.4 Å². The zero-order valence-electron chi connectivity index (χ0n) is 14.4. The minimum absolute atomic E-state index is 0.254. The first-order valence-electron chi connectivity index (χ1n) is 7.97. The van der Waals surface area contributed by atoms with Gasteiger partial charge in [0, 0.05) is 16.0 Å². The molecule has 3 nitrogen and oxygen atoms in total. The second-order valence-electron chi connectivity index (χ2n) is 6.83. The number of hydrogen-bond acceptors (Lipinski definition) is 2. The number of amides is 1. The summed E-state index contributed by atoms with van der Waals surface area (Å²) in [7, 11) is -3.31. The predicted octanol–water partition coefficient (Wildman–Crippen LogP) is 4.29. The quantitative estimate of drug-likeness (QED) is 0.603. The van der Waals surface area contributed by atoms with Gasteiger partial charge >= 0.3 is 0 Å². The first-order chi connectivity index (χ1) is 11.7. The maximum atomic E-state index is 14.2. The summed E-state index contributed by atoms with van der Waals surface area (Å²) < 4.78 is 14.2. The first-order valence-corrected chi connectivity index (χ1v) is 10.6. The van der Waals surface area contributed by atoms with Gasteiger partial charge in [0.05, 0.1) is 0 Å². The lowest BCUT2D eigenvalue weighted by atomic mass is 9.96. The van der Waals surface area contributed by atoms with E-state index in [9.17, 15) is 9.36 Å². The first kappa shape index (κ1) is 20.0. The summed E-state index contributed by atoms with van der Waals surface area (Å²) in [5, 5.41) is 4.03. The number of alkyl halides is 2. The van der Waals surface area contributed by atoms with Crippen LogP contribution >= 0.6 is 30.3 Å². The Balaban J connectivity index is 2.60. The molecule has 0 spiro atoms. The summed E-state index contributed by atoms with van der Waals surface area (Å²) >= 11 is 12.4. The lowest BCUT2D eigenvalue weighted by molar-refractivity contribution is -0.128. The fourth-order valence-electron chi connectivity index (χ4n) is 2.43. The normalized spacial score (nSPS) is 13.5. The van der Waals surface area contributed by atoms with E-state index in [1.165, 1.54) is 0 Å². The molecule has 2 aromatic rings. The van der Waals surface area contributed by atoms with Crippen LogP contribution in [-0.4, -0.2) is 16.5 Å². The molecule has 134 valence electrons. The molecular weight excluding hydrogens is 376 g/mol. The van der Waals surface area contributed by atoms with E-state index in [1.54, 1.807) is 45.0 Å². The molecule has 1 amide bonds. The molecule has 0 fully saturated rings. The van der Waals surface area contributed by atoms with Crippen LogP contribution < -0.4 is 15.9 Å². The minimum atomic E-state index is -3.31. The fourth-order valence-corrected chi connectivity index (χ4v) is 6.30. The molecule has 2 rings (SSSR count). The third kappa shape index (κ3) is 4.47. The highest BCUT2D eigenvalue weighted by Crippen LogP contribution is 2.50. The van der Waals surface area contributed by atoms with Gasteiger partial charge < -0.3 is 9.88 Å². The lowest BCUT2D eigenvalue weighted by Gasteiger charge is -2.32. The topological polar surface area (TPSA) is 46.2 Å². The van der Waals surface area contributed by atoms with Crippen LogP contribution in [0, 0.1) is 5.41 Å². The summed E-state index contributed by atoms with van der Waals surface area (Å²) in [6.45, 7) is 5.35. The van der Waals surface area contributed by atoms with Crippen molar-refractivity contribution < 1.29 is 9.36 Å². The number of nitrogens with one attached hydrogen (secondary N) is 1. The molecule has 6 heteroatoms. The van der Waals surface area contributed by atoms with E-state index in [0.29, 0.717) is 10.6 Å². The van der Waals surface area contributed by atoms with Gasteiger partial charge in [0.15, 0.2) is 7.14 Å². The van der Waals surface area contributed by atoms with Gasteiger partial charge in [0.1, 0.15) is 10.6 Å². The van der Waals surface area contributed by atoms with E-state index in [2.05, 4.69) is 5.32 Å². The van der Waals surface area contributed by atoms with Crippen LogP contribution in [0.3, 0.4) is 0 Å². The number of hydrogen-bond donors (Lipinski definition) is 1. The van der Waals surface area contributed by atoms with Gasteiger partial charge in [-0.2, -0.15) is 0 Å². The monoisotopic (exact) mass is 397 g/mol. The summed E-state index contributed by atoms with van der Waals surface area (Å²) in [4.78, 5) is 11.5. The van der Waals surface area contributed by atoms with Crippen LogP contribution in [0.15, 0.2) is 60.7 Å². The molecule has 0 aromatic heterocycles. The molecular formula is C19H22Cl2NO2P. The maximum Gasteiger partial charge on any atom is 0.226 e. The van der Waals surface area contributed by atoms with Crippen LogP contribution in [0.2, 0.25) is 0 Å². The van der Waals surface area contributed by atoms with Crippen molar-refractivity contribution in [2.45, 2.75) is 31.4 Å². The molecule has 0 saturated heterocycles. The Morgan fingerprint density at radius 1 is 0.920 bits per heavy atom. The average molecular weight is 398 g/mol. The van der Waals surface area contributed by atoms with E-state index in [4.69, 9.17) is 23.2 Å². The molecule has 0 aliphatic carbocycles. The van der Waals surface area contributed by atoms with Gasteiger partial charge in [-0.15, -0.1) is 23.2 Å². The van der Waals surface area contributed by atoms with Gasteiger partial charge in [-0.05, 0) is 0 Å². The smallest absolute Gasteiger partial charge is 0.226 e. The van der Waals surface area contributed by atoms with Crippen LogP contribution in [-0.2, 0) is 9.36 Å². The summed E-state index contributed by atoms with van der Waals surface area (Å²) in [5.74, 6) is -1.18. The van der Waals surface area contributed by atoms with Crippen molar-refractivity contribution in [2.75, 3.05) is 0 Å². The van der Waals surface area contributed by atoms with Crippen molar-refractivity contribution in [3.8, 4) is 0 Å². The average Bonchev–Trinajstić information content (AvgIpc) is 2.59. The second-order valence-corrected chi connectivity index (χ2v) is 10.9. The summed E-state index contributed by atoms with van der Waals surface area (Å²) in [6.07, 6.45) is 0. The van der Waals surface area contributed by atoms with Crippen LogP contribution in [0.5, 0.6) is 0 Å². The van der Waals surface area contributed by atoms with Gasteiger partial charge in [0.25, 0.3) is 0 Å². The van der Waals surface area contributed by atoms with Crippen LogP contribution in [0.1, 0.15) is 20.8 Å². The third-order valence-electron chi connectivity index (χ3n) is 3.87.